The number of imidazole rings is 1. The van der Waals surface area contributed by atoms with Crippen LogP contribution in [0.3, 0.4) is 0 Å². The summed E-state index contributed by atoms with van der Waals surface area (Å²) in [5.74, 6) is 1.66. The molecule has 0 atom stereocenters. The average molecular weight is 412 g/mol. The number of ether oxygens (including phenoxy) is 1. The molecule has 4 aromatic rings. The van der Waals surface area contributed by atoms with E-state index in [-0.39, 0.29) is 5.56 Å². The number of pyridine rings is 1. The number of hydrogen-bond donors (Lipinski definition) is 1. The molecule has 0 aliphatic heterocycles. The summed E-state index contributed by atoms with van der Waals surface area (Å²) in [7, 11) is 0. The molecule has 2 aromatic heterocycles. The first-order valence-corrected chi connectivity index (χ1v) is 10.5. The van der Waals surface area contributed by atoms with E-state index >= 15 is 0 Å². The highest BCUT2D eigenvalue weighted by Gasteiger charge is 2.15. The summed E-state index contributed by atoms with van der Waals surface area (Å²) in [6, 6.07) is 19.5. The van der Waals surface area contributed by atoms with Crippen molar-refractivity contribution in [2.24, 2.45) is 0 Å². The highest BCUT2D eigenvalue weighted by Crippen LogP contribution is 2.20. The number of rotatable bonds is 8. The zero-order chi connectivity index (χ0) is 21.6. The molecule has 156 valence electrons. The molecule has 0 amide bonds. The molecule has 0 bridgehead atoms. The van der Waals surface area contributed by atoms with Gasteiger partial charge in [-0.25, -0.2) is 4.98 Å². The molecule has 0 fully saturated rings. The summed E-state index contributed by atoms with van der Waals surface area (Å²) in [6.07, 6.45) is 4.44. The van der Waals surface area contributed by atoms with Gasteiger partial charge >= 0.3 is 0 Å². The summed E-state index contributed by atoms with van der Waals surface area (Å²) in [5, 5.41) is 9.75. The smallest absolute Gasteiger partial charge is 0.274 e. The third kappa shape index (κ3) is 4.51. The molecular formula is C25H24N4O2. The molecule has 0 aliphatic carbocycles. The third-order valence-electron chi connectivity index (χ3n) is 5.27. The quantitative estimate of drug-likeness (QED) is 0.460. The van der Waals surface area contributed by atoms with Gasteiger partial charge in [-0.2, -0.15) is 5.26 Å². The number of para-hydroxylation sites is 1. The minimum absolute atomic E-state index is 0.167. The summed E-state index contributed by atoms with van der Waals surface area (Å²) in [4.78, 5) is 19.9. The Morgan fingerprint density at radius 2 is 2.00 bits per heavy atom. The molecule has 1 N–H and O–H groups in total. The molecule has 0 saturated carbocycles. The van der Waals surface area contributed by atoms with E-state index in [4.69, 9.17) is 4.74 Å². The number of aromatic amines is 1. The zero-order valence-corrected chi connectivity index (χ0v) is 17.5. The van der Waals surface area contributed by atoms with Crippen LogP contribution in [0.5, 0.6) is 5.75 Å². The number of H-pyrrole nitrogens is 1. The van der Waals surface area contributed by atoms with Crippen molar-refractivity contribution >= 4 is 11.0 Å². The second-order valence-corrected chi connectivity index (χ2v) is 7.46. The predicted molar refractivity (Wildman–Crippen MR) is 120 cm³/mol. The minimum atomic E-state index is -0.167. The second-order valence-electron chi connectivity index (χ2n) is 7.46. The van der Waals surface area contributed by atoms with Crippen LogP contribution in [0, 0.1) is 11.3 Å². The molecule has 0 unspecified atom stereocenters. The lowest BCUT2D eigenvalue weighted by Gasteiger charge is -2.12. The van der Waals surface area contributed by atoms with Gasteiger partial charge in [-0.05, 0) is 41.8 Å². The molecule has 31 heavy (non-hydrogen) atoms. The van der Waals surface area contributed by atoms with Crippen molar-refractivity contribution in [3.05, 3.63) is 93.7 Å². The number of benzene rings is 2. The molecule has 0 saturated heterocycles. The van der Waals surface area contributed by atoms with E-state index in [1.807, 2.05) is 59.2 Å². The zero-order valence-electron chi connectivity index (χ0n) is 17.5. The Morgan fingerprint density at radius 1 is 1.16 bits per heavy atom. The average Bonchev–Trinajstić information content (AvgIpc) is 3.16. The summed E-state index contributed by atoms with van der Waals surface area (Å²) in [5.41, 5.74) is 3.41. The second kappa shape index (κ2) is 9.31. The van der Waals surface area contributed by atoms with Gasteiger partial charge in [-0.1, -0.05) is 43.7 Å². The molecule has 2 aromatic carbocycles. The van der Waals surface area contributed by atoms with Crippen molar-refractivity contribution in [1.82, 2.24) is 14.5 Å². The van der Waals surface area contributed by atoms with E-state index in [2.05, 4.69) is 23.0 Å². The Morgan fingerprint density at radius 3 is 2.77 bits per heavy atom. The van der Waals surface area contributed by atoms with E-state index in [0.29, 0.717) is 29.7 Å². The standard InChI is InChI=1S/C25H24N4O2/c1-2-3-9-23-28-22-12-13-27-25(30)24(22)29(23)16-19-11-10-18(14-20(19)15-26)17-31-21-7-5-4-6-8-21/h4-8,10-14H,2-3,9,16-17H2,1H3,(H,27,30). The number of aromatic nitrogens is 3. The van der Waals surface area contributed by atoms with E-state index in [0.717, 1.165) is 42.0 Å². The van der Waals surface area contributed by atoms with Crippen LogP contribution in [0.4, 0.5) is 0 Å². The van der Waals surface area contributed by atoms with Gasteiger partial charge in [0.2, 0.25) is 0 Å². The van der Waals surface area contributed by atoms with Crippen molar-refractivity contribution in [2.45, 2.75) is 39.3 Å². The Bertz CT molecular complexity index is 1280. The first-order chi connectivity index (χ1) is 15.2. The maximum atomic E-state index is 12.5. The Balaban J connectivity index is 1.64. The first kappa shape index (κ1) is 20.4. The molecular weight excluding hydrogens is 388 g/mol. The number of aryl methyl sites for hydroxylation is 1. The van der Waals surface area contributed by atoms with Crippen molar-refractivity contribution in [1.29, 1.82) is 5.26 Å². The maximum absolute atomic E-state index is 12.5. The van der Waals surface area contributed by atoms with E-state index in [9.17, 15) is 10.1 Å². The predicted octanol–water partition coefficient (Wildman–Crippen LogP) is 4.57. The summed E-state index contributed by atoms with van der Waals surface area (Å²) >= 11 is 0. The van der Waals surface area contributed by atoms with Gasteiger partial charge in [0.15, 0.2) is 0 Å². The van der Waals surface area contributed by atoms with Gasteiger partial charge in [0.05, 0.1) is 23.7 Å². The van der Waals surface area contributed by atoms with Crippen LogP contribution in [0.2, 0.25) is 0 Å². The Kier molecular flexibility index (Phi) is 6.13. The highest BCUT2D eigenvalue weighted by molar-refractivity contribution is 5.74. The SMILES string of the molecule is CCCCc1nc2cc[nH]c(=O)c2n1Cc1ccc(COc2ccccc2)cc1C#N. The van der Waals surface area contributed by atoms with Crippen molar-refractivity contribution in [2.75, 3.05) is 0 Å². The van der Waals surface area contributed by atoms with E-state index in [1.165, 1.54) is 0 Å². The summed E-state index contributed by atoms with van der Waals surface area (Å²) < 4.78 is 7.75. The lowest BCUT2D eigenvalue weighted by Crippen LogP contribution is -2.14. The van der Waals surface area contributed by atoms with Crippen molar-refractivity contribution < 1.29 is 4.74 Å². The van der Waals surface area contributed by atoms with Gasteiger partial charge in [0.25, 0.3) is 5.56 Å². The van der Waals surface area contributed by atoms with Crippen LogP contribution in [0.15, 0.2) is 65.6 Å². The lowest BCUT2D eigenvalue weighted by atomic mass is 10.0. The molecule has 4 rings (SSSR count). The lowest BCUT2D eigenvalue weighted by molar-refractivity contribution is 0.306. The Labute approximate surface area is 180 Å². The fourth-order valence-corrected chi connectivity index (χ4v) is 3.64. The van der Waals surface area contributed by atoms with Crippen LogP contribution in [0.25, 0.3) is 11.0 Å². The molecule has 0 aliphatic rings. The largest absolute Gasteiger partial charge is 0.489 e. The van der Waals surface area contributed by atoms with Gasteiger partial charge in [-0.3, -0.25) is 4.79 Å². The number of nitrogens with zero attached hydrogens (tertiary/aromatic N) is 3. The van der Waals surface area contributed by atoms with Gasteiger partial charge < -0.3 is 14.3 Å². The van der Waals surface area contributed by atoms with E-state index < -0.39 is 0 Å². The molecule has 0 spiro atoms. The molecule has 6 nitrogen and oxygen atoms in total. The number of nitriles is 1. The first-order valence-electron chi connectivity index (χ1n) is 10.5. The van der Waals surface area contributed by atoms with Crippen LogP contribution in [-0.2, 0) is 19.6 Å². The van der Waals surface area contributed by atoms with Crippen LogP contribution in [0.1, 0.15) is 42.3 Å². The van der Waals surface area contributed by atoms with E-state index in [1.54, 1.807) is 6.20 Å². The van der Waals surface area contributed by atoms with Gasteiger partial charge in [0, 0.05) is 12.6 Å². The van der Waals surface area contributed by atoms with Crippen LogP contribution < -0.4 is 10.3 Å². The topological polar surface area (TPSA) is 83.7 Å². The molecule has 2 heterocycles. The number of nitrogens with one attached hydrogen (secondary N) is 1. The minimum Gasteiger partial charge on any atom is -0.489 e. The molecule has 6 heteroatoms. The number of hydrogen-bond acceptors (Lipinski definition) is 4. The Hall–Kier alpha value is -3.85. The van der Waals surface area contributed by atoms with Crippen molar-refractivity contribution in [3.8, 4) is 11.8 Å². The number of fused-ring (bicyclic) bond motifs is 1. The maximum Gasteiger partial charge on any atom is 0.274 e. The normalized spacial score (nSPS) is 10.8. The fraction of sp³-hybridized carbons (Fsp3) is 0.240. The summed E-state index contributed by atoms with van der Waals surface area (Å²) in [6.45, 7) is 2.93. The van der Waals surface area contributed by atoms with Gasteiger partial charge in [0.1, 0.15) is 23.7 Å². The van der Waals surface area contributed by atoms with Crippen molar-refractivity contribution in [3.63, 3.8) is 0 Å². The number of unbranched alkanes of at least 4 members (excludes halogenated alkanes) is 1. The third-order valence-corrected chi connectivity index (χ3v) is 5.27. The monoisotopic (exact) mass is 412 g/mol. The highest BCUT2D eigenvalue weighted by atomic mass is 16.5. The van der Waals surface area contributed by atoms with Crippen LogP contribution in [-0.4, -0.2) is 14.5 Å². The fourth-order valence-electron chi connectivity index (χ4n) is 3.64. The van der Waals surface area contributed by atoms with Crippen LogP contribution >= 0.6 is 0 Å². The van der Waals surface area contributed by atoms with Gasteiger partial charge in [-0.15, -0.1) is 0 Å². The molecule has 0 radical (unpaired) electrons.